The molecule has 0 bridgehead atoms. The lowest BCUT2D eigenvalue weighted by molar-refractivity contribution is -0.130. The molecule has 0 radical (unpaired) electrons. The Hall–Kier alpha value is -1.88. The van der Waals surface area contributed by atoms with Crippen LogP contribution in [-0.4, -0.2) is 29.6 Å². The minimum Gasteiger partial charge on any atom is -0.342 e. The number of carbonyl (C=O) groups excluding carboxylic acids is 1. The van der Waals surface area contributed by atoms with Crippen molar-refractivity contribution >= 4 is 17.7 Å². The van der Waals surface area contributed by atoms with Gasteiger partial charge in [-0.1, -0.05) is 29.8 Å². The van der Waals surface area contributed by atoms with E-state index in [0.29, 0.717) is 31.5 Å². The maximum Gasteiger partial charge on any atom is 0.227 e. The second-order valence-electron chi connectivity index (χ2n) is 6.36. The molecule has 1 aliphatic heterocycles. The first-order chi connectivity index (χ1) is 12.0. The van der Waals surface area contributed by atoms with Gasteiger partial charge in [0.1, 0.15) is 11.6 Å². The highest BCUT2D eigenvalue weighted by Crippen LogP contribution is 2.36. The standard InChI is InChI=1S/C20H21F2NOS/c1-14-3-2-4-15(11-14)12-20(24)23-8-7-19(25-10-9-23)17-13-16(21)5-6-18(17)22/h2-6,11,13,19H,7-10,12H2,1H3. The van der Waals surface area contributed by atoms with Crippen molar-refractivity contribution in [3.63, 3.8) is 0 Å². The normalized spacial score (nSPS) is 18.0. The highest BCUT2D eigenvalue weighted by atomic mass is 32.2. The molecule has 132 valence electrons. The van der Waals surface area contributed by atoms with Crippen LogP contribution in [0, 0.1) is 18.6 Å². The number of carbonyl (C=O) groups is 1. The van der Waals surface area contributed by atoms with Crippen LogP contribution < -0.4 is 0 Å². The Morgan fingerprint density at radius 2 is 2.04 bits per heavy atom. The van der Waals surface area contributed by atoms with Gasteiger partial charge in [0, 0.05) is 29.7 Å². The monoisotopic (exact) mass is 361 g/mol. The Morgan fingerprint density at radius 3 is 2.84 bits per heavy atom. The quantitative estimate of drug-likeness (QED) is 0.801. The Labute approximate surface area is 151 Å². The molecule has 3 rings (SSSR count). The minimum absolute atomic E-state index is 0.0894. The lowest BCUT2D eigenvalue weighted by atomic mass is 10.1. The molecule has 0 spiro atoms. The smallest absolute Gasteiger partial charge is 0.227 e. The molecule has 0 aromatic heterocycles. The fourth-order valence-corrected chi connectivity index (χ4v) is 4.38. The van der Waals surface area contributed by atoms with Crippen LogP contribution in [0.4, 0.5) is 8.78 Å². The summed E-state index contributed by atoms with van der Waals surface area (Å²) in [5, 5.41) is -0.118. The second-order valence-corrected chi connectivity index (χ2v) is 7.67. The highest BCUT2D eigenvalue weighted by Gasteiger charge is 2.24. The van der Waals surface area contributed by atoms with Crippen LogP contribution in [0.5, 0.6) is 0 Å². The number of aryl methyl sites for hydroxylation is 1. The molecule has 5 heteroatoms. The van der Waals surface area contributed by atoms with Crippen molar-refractivity contribution in [3.05, 3.63) is 70.8 Å². The van der Waals surface area contributed by atoms with Crippen molar-refractivity contribution in [3.8, 4) is 0 Å². The third-order valence-electron chi connectivity index (χ3n) is 4.44. The maximum atomic E-state index is 14.0. The molecule has 0 aliphatic carbocycles. The number of hydrogen-bond donors (Lipinski definition) is 0. The molecule has 2 aromatic carbocycles. The van der Waals surface area contributed by atoms with Crippen molar-refractivity contribution in [1.82, 2.24) is 4.90 Å². The summed E-state index contributed by atoms with van der Waals surface area (Å²) in [4.78, 5) is 14.4. The van der Waals surface area contributed by atoms with Gasteiger partial charge in [-0.3, -0.25) is 4.79 Å². The molecule has 1 unspecified atom stereocenters. The average molecular weight is 361 g/mol. The van der Waals surface area contributed by atoms with Gasteiger partial charge in [0.05, 0.1) is 6.42 Å². The van der Waals surface area contributed by atoms with E-state index in [4.69, 9.17) is 0 Å². The van der Waals surface area contributed by atoms with E-state index >= 15 is 0 Å². The molecule has 0 N–H and O–H groups in total. The Balaban J connectivity index is 1.65. The molecule has 2 nitrogen and oxygen atoms in total. The van der Waals surface area contributed by atoms with Gasteiger partial charge in [0.15, 0.2) is 0 Å². The summed E-state index contributed by atoms with van der Waals surface area (Å²) < 4.78 is 27.5. The molecule has 1 aliphatic rings. The number of nitrogens with zero attached hydrogens (tertiary/aromatic N) is 1. The van der Waals surface area contributed by atoms with Crippen molar-refractivity contribution < 1.29 is 13.6 Å². The number of benzene rings is 2. The summed E-state index contributed by atoms with van der Waals surface area (Å²) in [5.74, 6) is 0.0128. The third kappa shape index (κ3) is 4.60. The molecule has 2 aromatic rings. The zero-order chi connectivity index (χ0) is 17.8. The SMILES string of the molecule is Cc1cccc(CC(=O)N2CCSC(c3cc(F)ccc3F)CC2)c1. The van der Waals surface area contributed by atoms with E-state index in [0.717, 1.165) is 22.9 Å². The lowest BCUT2D eigenvalue weighted by Gasteiger charge is -2.20. The molecular weight excluding hydrogens is 340 g/mol. The van der Waals surface area contributed by atoms with Crippen molar-refractivity contribution in [1.29, 1.82) is 0 Å². The van der Waals surface area contributed by atoms with Crippen LogP contribution >= 0.6 is 11.8 Å². The van der Waals surface area contributed by atoms with Crippen LogP contribution in [-0.2, 0) is 11.2 Å². The first-order valence-corrected chi connectivity index (χ1v) is 9.47. The average Bonchev–Trinajstić information content (AvgIpc) is 2.83. The lowest BCUT2D eigenvalue weighted by Crippen LogP contribution is -2.34. The molecule has 25 heavy (non-hydrogen) atoms. The van der Waals surface area contributed by atoms with Crippen molar-refractivity contribution in [2.45, 2.75) is 25.0 Å². The largest absolute Gasteiger partial charge is 0.342 e. The van der Waals surface area contributed by atoms with Crippen LogP contribution in [0.1, 0.15) is 28.4 Å². The predicted octanol–water partition coefficient (Wildman–Crippen LogP) is 4.52. The van der Waals surface area contributed by atoms with Crippen LogP contribution in [0.15, 0.2) is 42.5 Å². The second kappa shape index (κ2) is 8.00. The fourth-order valence-electron chi connectivity index (χ4n) is 3.14. The van der Waals surface area contributed by atoms with E-state index in [2.05, 4.69) is 0 Å². The third-order valence-corrected chi connectivity index (χ3v) is 5.75. The molecule has 0 saturated carbocycles. The van der Waals surface area contributed by atoms with Crippen molar-refractivity contribution in [2.75, 3.05) is 18.8 Å². The Bertz CT molecular complexity index is 765. The minimum atomic E-state index is -0.423. The van der Waals surface area contributed by atoms with Gasteiger partial charge in [-0.05, 0) is 37.1 Å². The summed E-state index contributed by atoms with van der Waals surface area (Å²) in [7, 11) is 0. The van der Waals surface area contributed by atoms with Gasteiger partial charge in [0.25, 0.3) is 0 Å². The number of thioether (sulfide) groups is 1. The zero-order valence-corrected chi connectivity index (χ0v) is 15.0. The maximum absolute atomic E-state index is 14.0. The summed E-state index contributed by atoms with van der Waals surface area (Å²) >= 11 is 1.59. The van der Waals surface area contributed by atoms with E-state index < -0.39 is 5.82 Å². The first-order valence-electron chi connectivity index (χ1n) is 8.43. The predicted molar refractivity (Wildman–Crippen MR) is 97.6 cm³/mol. The van der Waals surface area contributed by atoms with E-state index in [9.17, 15) is 13.6 Å². The van der Waals surface area contributed by atoms with Gasteiger partial charge < -0.3 is 4.90 Å². The number of rotatable bonds is 3. The molecular formula is C20H21F2NOS. The van der Waals surface area contributed by atoms with Crippen molar-refractivity contribution in [2.24, 2.45) is 0 Å². The van der Waals surface area contributed by atoms with Gasteiger partial charge in [0.2, 0.25) is 5.91 Å². The van der Waals surface area contributed by atoms with E-state index in [1.54, 1.807) is 11.8 Å². The van der Waals surface area contributed by atoms with E-state index in [1.807, 2.05) is 36.1 Å². The zero-order valence-electron chi connectivity index (χ0n) is 14.2. The van der Waals surface area contributed by atoms with Gasteiger partial charge in [-0.2, -0.15) is 11.8 Å². The molecule has 1 amide bonds. The van der Waals surface area contributed by atoms with Gasteiger partial charge in [-0.15, -0.1) is 0 Å². The topological polar surface area (TPSA) is 20.3 Å². The fraction of sp³-hybridized carbons (Fsp3) is 0.350. The summed E-state index contributed by atoms with van der Waals surface area (Å²) in [6, 6.07) is 11.5. The molecule has 1 atom stereocenters. The molecule has 1 heterocycles. The first kappa shape index (κ1) is 17.9. The van der Waals surface area contributed by atoms with E-state index in [1.165, 1.54) is 12.1 Å². The molecule has 1 fully saturated rings. The Morgan fingerprint density at radius 1 is 1.20 bits per heavy atom. The number of hydrogen-bond acceptors (Lipinski definition) is 2. The summed E-state index contributed by atoms with van der Waals surface area (Å²) in [5.41, 5.74) is 2.55. The van der Waals surface area contributed by atoms with Gasteiger partial charge >= 0.3 is 0 Å². The Kier molecular flexibility index (Phi) is 5.74. The van der Waals surface area contributed by atoms with E-state index in [-0.39, 0.29) is 17.0 Å². The summed E-state index contributed by atoms with van der Waals surface area (Å²) in [6.07, 6.45) is 1.01. The number of amides is 1. The van der Waals surface area contributed by atoms with Crippen LogP contribution in [0.2, 0.25) is 0 Å². The highest BCUT2D eigenvalue weighted by molar-refractivity contribution is 7.99. The number of halogens is 2. The van der Waals surface area contributed by atoms with Crippen LogP contribution in [0.25, 0.3) is 0 Å². The van der Waals surface area contributed by atoms with Gasteiger partial charge in [-0.25, -0.2) is 8.78 Å². The molecule has 1 saturated heterocycles. The summed E-state index contributed by atoms with van der Waals surface area (Å²) in [6.45, 7) is 3.22. The van der Waals surface area contributed by atoms with Crippen LogP contribution in [0.3, 0.4) is 0 Å².